The molecule has 3 unspecified atom stereocenters. The second kappa shape index (κ2) is 10.1. The van der Waals surface area contributed by atoms with Gasteiger partial charge in [-0.05, 0) is 48.2 Å². The van der Waals surface area contributed by atoms with Crippen molar-refractivity contribution >= 4 is 11.9 Å². The lowest BCUT2D eigenvalue weighted by Crippen LogP contribution is -2.65. The number of cyclic esters (lactones) is 2. The number of piperazine rings is 1. The van der Waals surface area contributed by atoms with Gasteiger partial charge in [-0.1, -0.05) is 18.2 Å². The van der Waals surface area contributed by atoms with Gasteiger partial charge in [0, 0.05) is 50.2 Å². The van der Waals surface area contributed by atoms with Gasteiger partial charge in [-0.25, -0.2) is 9.59 Å². The van der Waals surface area contributed by atoms with Crippen molar-refractivity contribution in [3.8, 4) is 0 Å². The van der Waals surface area contributed by atoms with E-state index in [1.807, 2.05) is 32.0 Å². The largest absolute Gasteiger partial charge is 0.459 e. The van der Waals surface area contributed by atoms with Crippen LogP contribution in [0.4, 0.5) is 0 Å². The Bertz CT molecular complexity index is 1250. The van der Waals surface area contributed by atoms with Crippen LogP contribution in [-0.2, 0) is 27.2 Å². The molecule has 0 radical (unpaired) electrons. The SMILES string of the molecule is Cc1c([C@H](O)CN2C3COCC2CN(CC(O)c2ccc4c(c2)C[C@@H](C)OC4=O)C3)ccc2c1COC2=O. The van der Waals surface area contributed by atoms with Crippen LogP contribution in [0.3, 0.4) is 0 Å². The van der Waals surface area contributed by atoms with E-state index in [2.05, 4.69) is 9.80 Å². The third kappa shape index (κ3) is 4.63. The van der Waals surface area contributed by atoms with Gasteiger partial charge >= 0.3 is 11.9 Å². The fourth-order valence-corrected chi connectivity index (χ4v) is 6.43. The van der Waals surface area contributed by atoms with Crippen LogP contribution in [0, 0.1) is 6.92 Å². The molecule has 6 rings (SSSR count). The Balaban J connectivity index is 1.12. The van der Waals surface area contributed by atoms with Gasteiger partial charge in [0.25, 0.3) is 0 Å². The smallest absolute Gasteiger partial charge is 0.338 e. The first-order valence-corrected chi connectivity index (χ1v) is 13.3. The fourth-order valence-electron chi connectivity index (χ4n) is 6.43. The Morgan fingerprint density at radius 2 is 1.71 bits per heavy atom. The summed E-state index contributed by atoms with van der Waals surface area (Å²) in [6.07, 6.45) is -0.884. The van der Waals surface area contributed by atoms with Crippen LogP contribution in [0.15, 0.2) is 30.3 Å². The number of carbonyl (C=O) groups is 2. The monoisotopic (exact) mass is 522 g/mol. The highest BCUT2D eigenvalue weighted by Gasteiger charge is 2.40. The minimum absolute atomic E-state index is 0.100. The average molecular weight is 523 g/mol. The van der Waals surface area contributed by atoms with E-state index < -0.39 is 12.2 Å². The van der Waals surface area contributed by atoms with Gasteiger partial charge in [-0.3, -0.25) is 9.80 Å². The second-order valence-electron chi connectivity index (χ2n) is 11.0. The number of nitrogens with zero attached hydrogens (tertiary/aromatic N) is 2. The van der Waals surface area contributed by atoms with E-state index in [0.29, 0.717) is 43.9 Å². The van der Waals surface area contributed by atoms with Crippen LogP contribution in [0.25, 0.3) is 0 Å². The maximum atomic E-state index is 12.1. The number of benzene rings is 2. The predicted molar refractivity (Wildman–Crippen MR) is 137 cm³/mol. The van der Waals surface area contributed by atoms with E-state index in [-0.39, 0.29) is 36.7 Å². The van der Waals surface area contributed by atoms with Gasteiger partial charge in [-0.2, -0.15) is 0 Å². The topological polar surface area (TPSA) is 109 Å². The first-order chi connectivity index (χ1) is 18.3. The Hall–Kier alpha value is -2.82. The van der Waals surface area contributed by atoms with Crippen molar-refractivity contribution in [2.24, 2.45) is 0 Å². The summed E-state index contributed by atoms with van der Waals surface area (Å²) in [5, 5.41) is 22.3. The number of esters is 2. The van der Waals surface area contributed by atoms with Crippen molar-refractivity contribution in [1.82, 2.24) is 9.80 Å². The molecular formula is C29H34N2O7. The number of aliphatic hydroxyl groups excluding tert-OH is 2. The minimum Gasteiger partial charge on any atom is -0.459 e. The molecule has 0 amide bonds. The standard InChI is InChI=1S/C29H34N2O7/c1-16-7-19-8-18(3-4-23(19)29(35)38-16)26(32)11-30-9-20-13-36-14-21(10-30)31(20)12-27(33)22-5-6-24-25(17(22)2)15-37-28(24)34/h3-6,8,16,20-21,26-27,32-33H,7,9-15H2,1-2H3/t16-,20?,21?,26?,27-/m1/s1. The number of aliphatic hydroxyl groups is 2. The number of β-amino-alcohol motifs (C(OH)–C–C–N with tert-alkyl or cyclic N) is 1. The summed E-state index contributed by atoms with van der Waals surface area (Å²) in [4.78, 5) is 28.6. The Labute approximate surface area is 221 Å². The summed E-state index contributed by atoms with van der Waals surface area (Å²) >= 11 is 0. The van der Waals surface area contributed by atoms with Crippen LogP contribution in [0.5, 0.6) is 0 Å². The zero-order valence-corrected chi connectivity index (χ0v) is 21.8. The van der Waals surface area contributed by atoms with Gasteiger partial charge in [-0.15, -0.1) is 0 Å². The number of morpholine rings is 1. The highest BCUT2D eigenvalue weighted by Crippen LogP contribution is 2.32. The van der Waals surface area contributed by atoms with Gasteiger partial charge in [0.05, 0.1) is 36.5 Å². The van der Waals surface area contributed by atoms with Crippen molar-refractivity contribution < 1.29 is 34.0 Å². The molecule has 9 heteroatoms. The van der Waals surface area contributed by atoms with E-state index in [4.69, 9.17) is 14.2 Å². The van der Waals surface area contributed by atoms with Gasteiger partial charge < -0.3 is 24.4 Å². The first kappa shape index (κ1) is 25.5. The summed E-state index contributed by atoms with van der Waals surface area (Å²) in [6, 6.07) is 9.30. The molecule has 2 bridgehead atoms. The highest BCUT2D eigenvalue weighted by atomic mass is 16.5. The van der Waals surface area contributed by atoms with E-state index in [9.17, 15) is 19.8 Å². The summed E-state index contributed by atoms with van der Waals surface area (Å²) in [5.74, 6) is -0.607. The zero-order valence-electron chi connectivity index (χ0n) is 21.8. The molecule has 0 saturated carbocycles. The predicted octanol–water partition coefficient (Wildman–Crippen LogP) is 1.92. The quantitative estimate of drug-likeness (QED) is 0.550. The molecule has 0 spiro atoms. The molecule has 2 N–H and O–H groups in total. The van der Waals surface area contributed by atoms with Crippen molar-refractivity contribution in [2.45, 2.75) is 57.3 Å². The molecule has 0 aliphatic carbocycles. The zero-order chi connectivity index (χ0) is 26.6. The molecule has 4 aliphatic rings. The maximum Gasteiger partial charge on any atom is 0.338 e. The minimum atomic E-state index is -0.694. The van der Waals surface area contributed by atoms with Gasteiger partial charge in [0.1, 0.15) is 12.7 Å². The number of rotatable bonds is 6. The molecule has 2 aromatic rings. The van der Waals surface area contributed by atoms with Crippen LogP contribution < -0.4 is 0 Å². The first-order valence-electron chi connectivity index (χ1n) is 13.3. The molecule has 2 fully saturated rings. The molecule has 9 nitrogen and oxygen atoms in total. The van der Waals surface area contributed by atoms with Crippen molar-refractivity contribution in [2.75, 3.05) is 39.4 Å². The maximum absolute atomic E-state index is 12.1. The third-order valence-corrected chi connectivity index (χ3v) is 8.43. The summed E-state index contributed by atoms with van der Waals surface area (Å²) in [7, 11) is 0. The summed E-state index contributed by atoms with van der Waals surface area (Å²) in [5.41, 5.74) is 5.50. The van der Waals surface area contributed by atoms with E-state index in [0.717, 1.165) is 40.9 Å². The Kier molecular flexibility index (Phi) is 6.74. The number of carbonyl (C=O) groups excluding carboxylic acids is 2. The van der Waals surface area contributed by atoms with Crippen molar-refractivity contribution in [3.63, 3.8) is 0 Å². The summed E-state index contributed by atoms with van der Waals surface area (Å²) < 4.78 is 16.3. The summed E-state index contributed by atoms with van der Waals surface area (Å²) in [6.45, 7) is 7.62. The van der Waals surface area contributed by atoms with E-state index in [1.165, 1.54) is 0 Å². The second-order valence-corrected chi connectivity index (χ2v) is 11.0. The van der Waals surface area contributed by atoms with E-state index in [1.54, 1.807) is 12.1 Å². The molecule has 5 atom stereocenters. The van der Waals surface area contributed by atoms with E-state index >= 15 is 0 Å². The molecule has 4 aliphatic heterocycles. The lowest BCUT2D eigenvalue weighted by molar-refractivity contribution is -0.113. The number of hydrogen-bond donors (Lipinski definition) is 2. The average Bonchev–Trinajstić information content (AvgIpc) is 3.25. The van der Waals surface area contributed by atoms with Crippen LogP contribution in [0.2, 0.25) is 0 Å². The Morgan fingerprint density at radius 1 is 0.974 bits per heavy atom. The van der Waals surface area contributed by atoms with Crippen LogP contribution in [0.1, 0.15) is 67.7 Å². The van der Waals surface area contributed by atoms with Gasteiger partial charge in [0.2, 0.25) is 0 Å². The third-order valence-electron chi connectivity index (χ3n) is 8.43. The molecule has 0 aromatic heterocycles. The van der Waals surface area contributed by atoms with Gasteiger partial charge in [0.15, 0.2) is 0 Å². The molecule has 202 valence electrons. The number of ether oxygens (including phenoxy) is 3. The van der Waals surface area contributed by atoms with Crippen LogP contribution >= 0.6 is 0 Å². The fraction of sp³-hybridized carbons (Fsp3) is 0.517. The Morgan fingerprint density at radius 3 is 2.47 bits per heavy atom. The lowest BCUT2D eigenvalue weighted by Gasteiger charge is -2.50. The molecule has 2 aromatic carbocycles. The van der Waals surface area contributed by atoms with Crippen LogP contribution in [-0.4, -0.2) is 89.5 Å². The molecule has 2 saturated heterocycles. The highest BCUT2D eigenvalue weighted by molar-refractivity contribution is 5.94. The molecular weight excluding hydrogens is 488 g/mol. The normalized spacial score (nSPS) is 26.8. The molecule has 4 heterocycles. The van der Waals surface area contributed by atoms with Crippen molar-refractivity contribution in [1.29, 1.82) is 0 Å². The number of fused-ring (bicyclic) bond motifs is 4. The lowest BCUT2D eigenvalue weighted by atomic mass is 9.93. The molecule has 38 heavy (non-hydrogen) atoms. The van der Waals surface area contributed by atoms with Crippen molar-refractivity contribution in [3.05, 3.63) is 69.3 Å². The number of hydrogen-bond acceptors (Lipinski definition) is 9.